The molecule has 0 aliphatic carbocycles. The molecule has 2 aromatic rings. The molecule has 0 unspecified atom stereocenters. The van der Waals surface area contributed by atoms with Crippen molar-refractivity contribution in [3.05, 3.63) is 54.0 Å². The molecule has 17 heavy (non-hydrogen) atoms. The van der Waals surface area contributed by atoms with Crippen LogP contribution in [0.25, 0.3) is 0 Å². The van der Waals surface area contributed by atoms with Gasteiger partial charge in [-0.15, -0.1) is 0 Å². The summed E-state index contributed by atoms with van der Waals surface area (Å²) in [5, 5.41) is 7.94. The Bertz CT molecular complexity index is 543. The Morgan fingerprint density at radius 2 is 2.12 bits per heavy atom. The average Bonchev–Trinajstić information content (AvgIpc) is 2.33. The molecule has 0 aliphatic heterocycles. The van der Waals surface area contributed by atoms with Gasteiger partial charge in [0.05, 0.1) is 0 Å². The van der Waals surface area contributed by atoms with Gasteiger partial charge in [0.1, 0.15) is 16.7 Å². The predicted octanol–water partition coefficient (Wildman–Crippen LogP) is 2.66. The number of benzene rings is 1. The summed E-state index contributed by atoms with van der Waals surface area (Å²) in [6, 6.07) is 9.94. The highest BCUT2D eigenvalue weighted by Gasteiger charge is 2.07. The lowest BCUT2D eigenvalue weighted by atomic mass is 10.2. The van der Waals surface area contributed by atoms with Gasteiger partial charge in [0.25, 0.3) is 0 Å². The number of nitrogens with two attached hydrogens (primary N) is 1. The normalized spacial score (nSPS) is 10.2. The number of nitrogens with zero attached hydrogens (tertiary/aromatic N) is 1. The molecule has 0 atom stereocenters. The van der Waals surface area contributed by atoms with E-state index in [1.54, 1.807) is 24.4 Å². The molecule has 0 radical (unpaired) electrons. The molecule has 0 fully saturated rings. The van der Waals surface area contributed by atoms with E-state index < -0.39 is 5.82 Å². The molecule has 1 aromatic carbocycles. The summed E-state index contributed by atoms with van der Waals surface area (Å²) in [6.07, 6.45) is 1.66. The van der Waals surface area contributed by atoms with Gasteiger partial charge in [-0.25, -0.2) is 9.37 Å². The third-order valence-corrected chi connectivity index (χ3v) is 3.10. The van der Waals surface area contributed by atoms with Gasteiger partial charge >= 0.3 is 0 Å². The lowest BCUT2D eigenvalue weighted by Gasteiger charge is -2.04. The minimum absolute atomic E-state index is 0.140. The number of hydrogen-bond acceptors (Lipinski definition) is 3. The van der Waals surface area contributed by atoms with Crippen molar-refractivity contribution in [3.8, 4) is 0 Å². The summed E-state index contributed by atoms with van der Waals surface area (Å²) >= 11 is 1.24. The lowest BCUT2D eigenvalue weighted by Crippen LogP contribution is -2.11. The van der Waals surface area contributed by atoms with Gasteiger partial charge in [-0.2, -0.15) is 0 Å². The van der Waals surface area contributed by atoms with Crippen molar-refractivity contribution in [3.63, 3.8) is 0 Å². The largest absolute Gasteiger partial charge is 0.384 e. The van der Waals surface area contributed by atoms with Gasteiger partial charge in [0.2, 0.25) is 0 Å². The van der Waals surface area contributed by atoms with Gasteiger partial charge < -0.3 is 5.73 Å². The van der Waals surface area contributed by atoms with Crippen LogP contribution in [0.15, 0.2) is 52.5 Å². The number of amidine groups is 1. The number of aromatic nitrogens is 1. The van der Waals surface area contributed by atoms with Crippen molar-refractivity contribution in [2.75, 3.05) is 0 Å². The molecule has 5 heteroatoms. The van der Waals surface area contributed by atoms with Crippen LogP contribution in [-0.2, 0) is 0 Å². The Balaban J connectivity index is 2.26. The van der Waals surface area contributed by atoms with Crippen LogP contribution in [0.5, 0.6) is 0 Å². The van der Waals surface area contributed by atoms with Crippen LogP contribution in [0.1, 0.15) is 5.56 Å². The van der Waals surface area contributed by atoms with E-state index in [2.05, 4.69) is 4.98 Å². The van der Waals surface area contributed by atoms with Crippen molar-refractivity contribution < 1.29 is 4.39 Å². The van der Waals surface area contributed by atoms with E-state index in [9.17, 15) is 4.39 Å². The summed E-state index contributed by atoms with van der Waals surface area (Å²) in [5.74, 6) is -0.536. The Morgan fingerprint density at radius 3 is 2.71 bits per heavy atom. The van der Waals surface area contributed by atoms with Crippen LogP contribution in [0, 0.1) is 11.2 Å². The van der Waals surface area contributed by atoms with Crippen molar-refractivity contribution >= 4 is 17.6 Å². The van der Waals surface area contributed by atoms with Gasteiger partial charge in [0.15, 0.2) is 0 Å². The monoisotopic (exact) mass is 247 g/mol. The first-order chi connectivity index (χ1) is 8.16. The predicted molar refractivity (Wildman–Crippen MR) is 65.8 cm³/mol. The van der Waals surface area contributed by atoms with E-state index in [1.165, 1.54) is 17.8 Å². The molecule has 0 spiro atoms. The second-order valence-electron chi connectivity index (χ2n) is 3.33. The van der Waals surface area contributed by atoms with Gasteiger partial charge in [0, 0.05) is 16.7 Å². The van der Waals surface area contributed by atoms with Crippen LogP contribution >= 0.6 is 11.8 Å². The fraction of sp³-hybridized carbons (Fsp3) is 0. The van der Waals surface area contributed by atoms with Crippen LogP contribution in [0.2, 0.25) is 0 Å². The molecule has 1 heterocycles. The topological polar surface area (TPSA) is 62.8 Å². The van der Waals surface area contributed by atoms with Gasteiger partial charge in [-0.1, -0.05) is 17.8 Å². The highest BCUT2D eigenvalue weighted by molar-refractivity contribution is 7.99. The molecule has 86 valence electrons. The highest BCUT2D eigenvalue weighted by Crippen LogP contribution is 2.28. The molecule has 0 bridgehead atoms. The van der Waals surface area contributed by atoms with Gasteiger partial charge in [-0.3, -0.25) is 5.41 Å². The molecule has 3 N–H and O–H groups in total. The minimum atomic E-state index is -0.395. The third kappa shape index (κ3) is 2.82. The van der Waals surface area contributed by atoms with Crippen molar-refractivity contribution in [2.45, 2.75) is 9.92 Å². The molecule has 2 rings (SSSR count). The number of pyridine rings is 1. The third-order valence-electron chi connectivity index (χ3n) is 2.10. The first-order valence-electron chi connectivity index (χ1n) is 4.89. The van der Waals surface area contributed by atoms with Crippen LogP contribution in [0.3, 0.4) is 0 Å². The first-order valence-corrected chi connectivity index (χ1v) is 5.71. The quantitative estimate of drug-likeness (QED) is 0.647. The molecule has 0 amide bonds. The standard InChI is InChI=1S/C12H10FN3S/c13-9-7-8(12(14)15)4-5-10(9)17-11-3-1-2-6-16-11/h1-7H,(H3,14,15). The van der Waals surface area contributed by atoms with Crippen LogP contribution in [0.4, 0.5) is 4.39 Å². The minimum Gasteiger partial charge on any atom is -0.384 e. The SMILES string of the molecule is N=C(N)c1ccc(Sc2ccccn2)c(F)c1. The van der Waals surface area contributed by atoms with Crippen molar-refractivity contribution in [2.24, 2.45) is 5.73 Å². The molecule has 0 aliphatic rings. The maximum atomic E-state index is 13.7. The highest BCUT2D eigenvalue weighted by atomic mass is 32.2. The summed E-state index contributed by atoms with van der Waals surface area (Å²) in [6.45, 7) is 0. The average molecular weight is 247 g/mol. The molecule has 1 aromatic heterocycles. The number of nitrogens with one attached hydrogen (secondary N) is 1. The Hall–Kier alpha value is -1.88. The Labute approximate surface area is 102 Å². The molecular formula is C12H10FN3S. The van der Waals surface area contributed by atoms with Crippen LogP contribution in [-0.4, -0.2) is 10.8 Å². The molecule has 0 saturated carbocycles. The van der Waals surface area contributed by atoms with E-state index >= 15 is 0 Å². The van der Waals surface area contributed by atoms with Crippen LogP contribution < -0.4 is 5.73 Å². The van der Waals surface area contributed by atoms with E-state index in [1.807, 2.05) is 12.1 Å². The number of hydrogen-bond donors (Lipinski definition) is 2. The summed E-state index contributed by atoms with van der Waals surface area (Å²) < 4.78 is 13.7. The maximum Gasteiger partial charge on any atom is 0.137 e. The lowest BCUT2D eigenvalue weighted by molar-refractivity contribution is 0.601. The van der Waals surface area contributed by atoms with E-state index in [0.29, 0.717) is 10.5 Å². The summed E-state index contributed by atoms with van der Waals surface area (Å²) in [7, 11) is 0. The zero-order valence-corrected chi connectivity index (χ0v) is 9.67. The molecule has 3 nitrogen and oxygen atoms in total. The second kappa shape index (κ2) is 4.97. The van der Waals surface area contributed by atoms with E-state index in [0.717, 1.165) is 5.03 Å². The second-order valence-corrected chi connectivity index (χ2v) is 4.39. The Kier molecular flexibility index (Phi) is 3.39. The summed E-state index contributed by atoms with van der Waals surface area (Å²) in [4.78, 5) is 4.57. The first kappa shape index (κ1) is 11.6. The number of halogens is 1. The zero-order valence-electron chi connectivity index (χ0n) is 8.85. The smallest absolute Gasteiger partial charge is 0.137 e. The van der Waals surface area contributed by atoms with E-state index in [-0.39, 0.29) is 5.84 Å². The Morgan fingerprint density at radius 1 is 1.29 bits per heavy atom. The van der Waals surface area contributed by atoms with Crippen molar-refractivity contribution in [1.29, 1.82) is 5.41 Å². The molecule has 0 saturated heterocycles. The fourth-order valence-electron chi connectivity index (χ4n) is 1.27. The maximum absolute atomic E-state index is 13.7. The van der Waals surface area contributed by atoms with Gasteiger partial charge in [-0.05, 0) is 30.3 Å². The number of rotatable bonds is 3. The summed E-state index contributed by atoms with van der Waals surface area (Å²) in [5.41, 5.74) is 5.67. The van der Waals surface area contributed by atoms with E-state index in [4.69, 9.17) is 11.1 Å². The van der Waals surface area contributed by atoms with Crippen molar-refractivity contribution in [1.82, 2.24) is 4.98 Å². The molecular weight excluding hydrogens is 237 g/mol. The number of nitrogen functional groups attached to an aromatic ring is 1. The fourth-order valence-corrected chi connectivity index (χ4v) is 2.05. The zero-order chi connectivity index (χ0) is 12.3.